The molecule has 1 saturated carbocycles. The van der Waals surface area contributed by atoms with E-state index in [0.29, 0.717) is 17.2 Å². The number of hydrogen-bond acceptors (Lipinski definition) is 3. The van der Waals surface area contributed by atoms with Crippen LogP contribution in [0.3, 0.4) is 0 Å². The van der Waals surface area contributed by atoms with E-state index in [-0.39, 0.29) is 31.0 Å². The SMILES string of the molecule is CCc1ccc(OCC(=O)N(Cc2ccccc2Cl)C(CC)C(=O)NC2CCCC2)c(Br)c1. The van der Waals surface area contributed by atoms with Crippen LogP contribution in [0.1, 0.15) is 57.1 Å². The molecule has 2 aromatic carbocycles. The number of aryl methyl sites for hydroxylation is 1. The number of hydrogen-bond donors (Lipinski definition) is 1. The Morgan fingerprint density at radius 1 is 1.18 bits per heavy atom. The van der Waals surface area contributed by atoms with Crippen molar-refractivity contribution >= 4 is 39.3 Å². The lowest BCUT2D eigenvalue weighted by atomic mass is 10.1. The van der Waals surface area contributed by atoms with Crippen molar-refractivity contribution in [3.05, 3.63) is 63.1 Å². The van der Waals surface area contributed by atoms with Gasteiger partial charge in [0.15, 0.2) is 6.61 Å². The molecule has 0 heterocycles. The molecule has 0 bridgehead atoms. The van der Waals surface area contributed by atoms with Gasteiger partial charge in [0.1, 0.15) is 11.8 Å². The first-order chi connectivity index (χ1) is 15.9. The zero-order chi connectivity index (χ0) is 23.8. The fraction of sp³-hybridized carbons (Fsp3) is 0.462. The van der Waals surface area contributed by atoms with Gasteiger partial charge in [-0.1, -0.05) is 62.6 Å². The van der Waals surface area contributed by atoms with E-state index in [9.17, 15) is 9.59 Å². The Labute approximate surface area is 210 Å². The summed E-state index contributed by atoms with van der Waals surface area (Å²) in [5, 5.41) is 3.72. The monoisotopic (exact) mass is 534 g/mol. The number of ether oxygens (including phenoxy) is 1. The summed E-state index contributed by atoms with van der Waals surface area (Å²) in [6.45, 7) is 4.09. The smallest absolute Gasteiger partial charge is 0.261 e. The molecule has 0 aromatic heterocycles. The Morgan fingerprint density at radius 3 is 2.55 bits per heavy atom. The molecular formula is C26H32BrClN2O3. The number of nitrogens with one attached hydrogen (secondary N) is 1. The number of amides is 2. The van der Waals surface area contributed by atoms with Crippen LogP contribution in [0.5, 0.6) is 5.75 Å². The van der Waals surface area contributed by atoms with Gasteiger partial charge in [-0.05, 0) is 70.9 Å². The number of rotatable bonds is 10. The van der Waals surface area contributed by atoms with Crippen LogP contribution in [0.15, 0.2) is 46.9 Å². The molecule has 2 amide bonds. The molecule has 1 aliphatic carbocycles. The van der Waals surface area contributed by atoms with Crippen molar-refractivity contribution in [3.8, 4) is 5.75 Å². The van der Waals surface area contributed by atoms with Gasteiger partial charge in [-0.25, -0.2) is 0 Å². The van der Waals surface area contributed by atoms with Crippen molar-refractivity contribution in [3.63, 3.8) is 0 Å². The minimum absolute atomic E-state index is 0.113. The molecule has 0 saturated heterocycles. The van der Waals surface area contributed by atoms with Crippen molar-refractivity contribution in [1.82, 2.24) is 10.2 Å². The quantitative estimate of drug-likeness (QED) is 0.411. The predicted octanol–water partition coefficient (Wildman–Crippen LogP) is 5.91. The topological polar surface area (TPSA) is 58.6 Å². The maximum absolute atomic E-state index is 13.4. The van der Waals surface area contributed by atoms with E-state index >= 15 is 0 Å². The highest BCUT2D eigenvalue weighted by molar-refractivity contribution is 9.10. The number of carbonyl (C=O) groups excluding carboxylic acids is 2. The van der Waals surface area contributed by atoms with E-state index in [1.54, 1.807) is 11.0 Å². The van der Waals surface area contributed by atoms with Crippen LogP contribution in [0.25, 0.3) is 0 Å². The lowest BCUT2D eigenvalue weighted by molar-refractivity contribution is -0.143. The third-order valence-corrected chi connectivity index (χ3v) is 7.13. The van der Waals surface area contributed by atoms with E-state index in [1.165, 1.54) is 5.56 Å². The molecule has 1 aliphatic rings. The van der Waals surface area contributed by atoms with E-state index in [0.717, 1.165) is 42.1 Å². The van der Waals surface area contributed by atoms with Gasteiger partial charge in [0.25, 0.3) is 5.91 Å². The summed E-state index contributed by atoms with van der Waals surface area (Å²) in [4.78, 5) is 28.1. The second kappa shape index (κ2) is 12.4. The second-order valence-corrected chi connectivity index (χ2v) is 9.70. The van der Waals surface area contributed by atoms with E-state index in [1.807, 2.05) is 43.3 Å². The molecule has 0 spiro atoms. The van der Waals surface area contributed by atoms with Gasteiger partial charge in [-0.3, -0.25) is 9.59 Å². The molecule has 1 unspecified atom stereocenters. The molecule has 0 aliphatic heterocycles. The third-order valence-electron chi connectivity index (χ3n) is 6.14. The summed E-state index contributed by atoms with van der Waals surface area (Å²) in [5.41, 5.74) is 1.98. The lowest BCUT2D eigenvalue weighted by Gasteiger charge is -2.31. The highest BCUT2D eigenvalue weighted by Gasteiger charge is 2.31. The highest BCUT2D eigenvalue weighted by Crippen LogP contribution is 2.27. The third kappa shape index (κ3) is 6.97. The number of nitrogens with zero attached hydrogens (tertiary/aromatic N) is 1. The average Bonchev–Trinajstić information content (AvgIpc) is 3.32. The van der Waals surface area contributed by atoms with Crippen LogP contribution < -0.4 is 10.1 Å². The molecule has 2 aromatic rings. The Bertz CT molecular complexity index is 962. The fourth-order valence-electron chi connectivity index (χ4n) is 4.20. The van der Waals surface area contributed by atoms with Crippen LogP contribution in [0.4, 0.5) is 0 Å². The van der Waals surface area contributed by atoms with Crippen molar-refractivity contribution in [2.75, 3.05) is 6.61 Å². The first-order valence-electron chi connectivity index (χ1n) is 11.7. The summed E-state index contributed by atoms with van der Waals surface area (Å²) in [7, 11) is 0. The molecule has 178 valence electrons. The van der Waals surface area contributed by atoms with Gasteiger partial charge < -0.3 is 15.0 Å². The van der Waals surface area contributed by atoms with Crippen LogP contribution in [0, 0.1) is 0 Å². The maximum atomic E-state index is 13.4. The summed E-state index contributed by atoms with van der Waals surface area (Å²) in [5.74, 6) is 0.231. The molecular weight excluding hydrogens is 504 g/mol. The standard InChI is InChI=1S/C26H32BrClN2O3/c1-3-18-13-14-24(21(27)15-18)33-17-25(31)30(16-19-9-5-8-12-22(19)28)23(4-2)26(32)29-20-10-6-7-11-20/h5,8-9,12-15,20,23H,3-4,6-7,10-11,16-17H2,1-2H3,(H,29,32). The second-order valence-electron chi connectivity index (χ2n) is 8.43. The van der Waals surface area contributed by atoms with Gasteiger partial charge in [-0.15, -0.1) is 0 Å². The van der Waals surface area contributed by atoms with E-state index in [4.69, 9.17) is 16.3 Å². The minimum Gasteiger partial charge on any atom is -0.483 e. The summed E-state index contributed by atoms with van der Waals surface area (Å²) < 4.78 is 6.66. The first-order valence-corrected chi connectivity index (χ1v) is 12.8. The van der Waals surface area contributed by atoms with Crippen LogP contribution in [-0.4, -0.2) is 35.4 Å². The van der Waals surface area contributed by atoms with Crippen molar-refractivity contribution in [1.29, 1.82) is 0 Å². The molecule has 7 heteroatoms. The molecule has 3 rings (SSSR count). The minimum atomic E-state index is -0.594. The molecule has 0 radical (unpaired) electrons. The van der Waals surface area contributed by atoms with E-state index in [2.05, 4.69) is 28.2 Å². The van der Waals surface area contributed by atoms with Gasteiger partial charge in [0, 0.05) is 17.6 Å². The molecule has 1 N–H and O–H groups in total. The molecule has 5 nitrogen and oxygen atoms in total. The van der Waals surface area contributed by atoms with Crippen molar-refractivity contribution in [2.24, 2.45) is 0 Å². The van der Waals surface area contributed by atoms with Crippen LogP contribution >= 0.6 is 27.5 Å². The van der Waals surface area contributed by atoms with Crippen molar-refractivity contribution in [2.45, 2.75) is 71.0 Å². The summed E-state index contributed by atoms with van der Waals surface area (Å²) >= 11 is 9.91. The highest BCUT2D eigenvalue weighted by atomic mass is 79.9. The molecule has 1 atom stereocenters. The summed E-state index contributed by atoms with van der Waals surface area (Å²) in [6.07, 6.45) is 5.66. The number of halogens is 2. The van der Waals surface area contributed by atoms with Gasteiger partial charge >= 0.3 is 0 Å². The molecule has 33 heavy (non-hydrogen) atoms. The fourth-order valence-corrected chi connectivity index (χ4v) is 4.94. The largest absolute Gasteiger partial charge is 0.483 e. The van der Waals surface area contributed by atoms with Crippen molar-refractivity contribution < 1.29 is 14.3 Å². The average molecular weight is 536 g/mol. The number of carbonyl (C=O) groups is 2. The maximum Gasteiger partial charge on any atom is 0.261 e. The molecule has 1 fully saturated rings. The Hall–Kier alpha value is -2.05. The first kappa shape index (κ1) is 25.6. The van der Waals surface area contributed by atoms with Gasteiger partial charge in [0.2, 0.25) is 5.91 Å². The Balaban J connectivity index is 1.78. The zero-order valence-corrected chi connectivity index (χ0v) is 21.6. The van der Waals surface area contributed by atoms with Gasteiger partial charge in [-0.2, -0.15) is 0 Å². The predicted molar refractivity (Wildman–Crippen MR) is 135 cm³/mol. The van der Waals surface area contributed by atoms with Crippen LogP contribution in [-0.2, 0) is 22.6 Å². The Kier molecular flexibility index (Phi) is 9.63. The Morgan fingerprint density at radius 2 is 1.91 bits per heavy atom. The number of benzene rings is 2. The summed E-state index contributed by atoms with van der Waals surface area (Å²) in [6, 6.07) is 12.8. The van der Waals surface area contributed by atoms with Crippen LogP contribution in [0.2, 0.25) is 5.02 Å². The van der Waals surface area contributed by atoms with E-state index < -0.39 is 6.04 Å². The normalized spacial score (nSPS) is 14.7. The van der Waals surface area contributed by atoms with Gasteiger partial charge in [0.05, 0.1) is 4.47 Å². The zero-order valence-electron chi connectivity index (χ0n) is 19.3. The lowest BCUT2D eigenvalue weighted by Crippen LogP contribution is -2.52.